The zero-order valence-electron chi connectivity index (χ0n) is 20.3. The number of primary amides is 1. The molecular formula is C27H31NO9. The molecule has 0 saturated carbocycles. The smallest absolute Gasteiger partial charge is 0.224 e. The van der Waals surface area contributed by atoms with Gasteiger partial charge in [-0.05, 0) is 47.1 Å². The fraction of sp³-hybridized carbons (Fsp3) is 0.407. The van der Waals surface area contributed by atoms with E-state index in [1.54, 1.807) is 37.3 Å². The number of aliphatic hydroxyl groups is 4. The van der Waals surface area contributed by atoms with Gasteiger partial charge >= 0.3 is 0 Å². The van der Waals surface area contributed by atoms with Gasteiger partial charge in [0.2, 0.25) is 5.91 Å². The van der Waals surface area contributed by atoms with E-state index < -0.39 is 66.6 Å². The molecule has 0 fully saturated rings. The molecule has 2 aromatic carbocycles. The number of ketones is 2. The second kappa shape index (κ2) is 11.3. The topological polar surface area (TPSA) is 195 Å². The summed E-state index contributed by atoms with van der Waals surface area (Å²) >= 11 is 0. The van der Waals surface area contributed by atoms with Crippen molar-refractivity contribution in [2.24, 2.45) is 17.6 Å². The van der Waals surface area contributed by atoms with E-state index in [0.29, 0.717) is 28.5 Å². The van der Waals surface area contributed by atoms with Crippen molar-refractivity contribution in [3.63, 3.8) is 0 Å². The molecule has 10 heteroatoms. The monoisotopic (exact) mass is 513 g/mol. The lowest BCUT2D eigenvalue weighted by Gasteiger charge is -2.42. The fourth-order valence-corrected chi connectivity index (χ4v) is 5.38. The maximum Gasteiger partial charge on any atom is 0.224 e. The number of nitrogens with two attached hydrogens (primary N) is 1. The summed E-state index contributed by atoms with van der Waals surface area (Å²) in [6.45, 7) is 0.00591. The molecule has 2 aromatic rings. The molecule has 198 valence electrons. The summed E-state index contributed by atoms with van der Waals surface area (Å²) in [6, 6.07) is 9.62. The minimum atomic E-state index is -2.60. The molecule has 0 aliphatic heterocycles. The van der Waals surface area contributed by atoms with Gasteiger partial charge in [-0.2, -0.15) is 0 Å². The first-order valence-electron chi connectivity index (χ1n) is 11.9. The number of carbonyl (C=O) groups is 4. The highest BCUT2D eigenvalue weighted by Gasteiger charge is 2.50. The van der Waals surface area contributed by atoms with Crippen LogP contribution in [0.1, 0.15) is 58.4 Å². The van der Waals surface area contributed by atoms with E-state index in [4.69, 9.17) is 5.73 Å². The molecule has 7 N–H and O–H groups in total. The number of fused-ring (bicyclic) bond motifs is 1. The van der Waals surface area contributed by atoms with Crippen molar-refractivity contribution in [3.8, 4) is 16.9 Å². The van der Waals surface area contributed by atoms with E-state index in [-0.39, 0.29) is 24.2 Å². The van der Waals surface area contributed by atoms with Gasteiger partial charge in [-0.15, -0.1) is 0 Å². The van der Waals surface area contributed by atoms with Gasteiger partial charge in [-0.1, -0.05) is 31.2 Å². The Hall–Kier alpha value is -3.44. The Morgan fingerprint density at radius 2 is 1.92 bits per heavy atom. The van der Waals surface area contributed by atoms with Gasteiger partial charge < -0.3 is 31.3 Å². The molecule has 0 bridgehead atoms. The van der Waals surface area contributed by atoms with Crippen molar-refractivity contribution in [1.82, 2.24) is 0 Å². The van der Waals surface area contributed by atoms with Gasteiger partial charge in [-0.3, -0.25) is 19.2 Å². The average Bonchev–Trinajstić information content (AvgIpc) is 2.87. The minimum Gasteiger partial charge on any atom is -0.507 e. The maximum atomic E-state index is 13.2. The number of benzene rings is 2. The number of hydrogen-bond acceptors (Lipinski definition) is 9. The second-order valence-electron chi connectivity index (χ2n) is 9.50. The van der Waals surface area contributed by atoms with Gasteiger partial charge in [0.15, 0.2) is 17.2 Å². The lowest BCUT2D eigenvalue weighted by molar-refractivity contribution is -0.163. The van der Waals surface area contributed by atoms with Crippen LogP contribution in [0, 0.1) is 11.8 Å². The minimum absolute atomic E-state index is 0.0749. The third kappa shape index (κ3) is 5.33. The van der Waals surface area contributed by atoms with Crippen LogP contribution in [-0.4, -0.2) is 74.2 Å². The summed E-state index contributed by atoms with van der Waals surface area (Å²) in [6.07, 6.45) is -2.37. The third-order valence-electron chi connectivity index (χ3n) is 7.32. The molecule has 0 radical (unpaired) electrons. The Kier molecular flexibility index (Phi) is 8.60. The quantitative estimate of drug-likeness (QED) is 0.185. The Morgan fingerprint density at radius 1 is 1.22 bits per heavy atom. The van der Waals surface area contributed by atoms with Crippen LogP contribution in [0.25, 0.3) is 11.1 Å². The summed E-state index contributed by atoms with van der Waals surface area (Å²) in [5.74, 6) is -5.82. The van der Waals surface area contributed by atoms with Crippen LogP contribution in [0.5, 0.6) is 5.75 Å². The molecular weight excluding hydrogens is 482 g/mol. The van der Waals surface area contributed by atoms with Gasteiger partial charge in [0.1, 0.15) is 12.0 Å². The van der Waals surface area contributed by atoms with Crippen LogP contribution in [0.4, 0.5) is 0 Å². The predicted molar refractivity (Wildman–Crippen MR) is 132 cm³/mol. The number of aldehydes is 1. The van der Waals surface area contributed by atoms with Crippen molar-refractivity contribution in [1.29, 1.82) is 0 Å². The number of phenols is 1. The van der Waals surface area contributed by atoms with E-state index in [1.807, 2.05) is 0 Å². The highest BCUT2D eigenvalue weighted by Crippen LogP contribution is 2.48. The van der Waals surface area contributed by atoms with E-state index in [1.165, 1.54) is 6.07 Å². The molecule has 0 aromatic heterocycles. The SMILES string of the molecule is C[C@H]1c2c(-c3cccc(C=O)c3)ccc(O)c2C(=O)C[C@@H]1[C@H](O)[C@@H](CCO)[C@](O)(CO)C(=O)CC(N)=O. The highest BCUT2D eigenvalue weighted by molar-refractivity contribution is 6.04. The van der Waals surface area contributed by atoms with Crippen molar-refractivity contribution in [2.75, 3.05) is 13.2 Å². The van der Waals surface area contributed by atoms with Crippen molar-refractivity contribution in [3.05, 3.63) is 53.1 Å². The van der Waals surface area contributed by atoms with Crippen LogP contribution in [0.3, 0.4) is 0 Å². The van der Waals surface area contributed by atoms with Gasteiger partial charge in [0.25, 0.3) is 0 Å². The number of carbonyl (C=O) groups excluding carboxylic acids is 4. The zero-order valence-corrected chi connectivity index (χ0v) is 20.3. The number of Topliss-reactive ketones (excluding diaryl/α,β-unsaturated/α-hetero) is 2. The van der Waals surface area contributed by atoms with Crippen LogP contribution in [-0.2, 0) is 9.59 Å². The summed E-state index contributed by atoms with van der Waals surface area (Å²) in [5.41, 5.74) is 4.53. The highest BCUT2D eigenvalue weighted by atomic mass is 16.3. The summed E-state index contributed by atoms with van der Waals surface area (Å²) in [7, 11) is 0. The maximum absolute atomic E-state index is 13.2. The molecule has 0 saturated heterocycles. The summed E-state index contributed by atoms with van der Waals surface area (Å²) in [5, 5.41) is 52.6. The second-order valence-corrected chi connectivity index (χ2v) is 9.50. The average molecular weight is 514 g/mol. The number of amides is 1. The summed E-state index contributed by atoms with van der Waals surface area (Å²) < 4.78 is 0. The molecule has 1 amide bonds. The lowest BCUT2D eigenvalue weighted by atomic mass is 9.65. The van der Waals surface area contributed by atoms with E-state index in [2.05, 4.69) is 0 Å². The molecule has 10 nitrogen and oxygen atoms in total. The third-order valence-corrected chi connectivity index (χ3v) is 7.32. The first kappa shape index (κ1) is 28.1. The van der Waals surface area contributed by atoms with Crippen LogP contribution in [0.15, 0.2) is 36.4 Å². The Morgan fingerprint density at radius 3 is 2.51 bits per heavy atom. The van der Waals surface area contributed by atoms with Gasteiger partial charge in [0, 0.05) is 24.5 Å². The van der Waals surface area contributed by atoms with E-state index >= 15 is 0 Å². The molecule has 1 aliphatic carbocycles. The number of hydrogen-bond donors (Lipinski definition) is 6. The Balaban J connectivity index is 2.11. The molecule has 0 spiro atoms. The number of rotatable bonds is 11. The Bertz CT molecular complexity index is 1210. The van der Waals surface area contributed by atoms with Crippen LogP contribution in [0.2, 0.25) is 0 Å². The molecule has 0 heterocycles. The molecule has 1 aliphatic rings. The van der Waals surface area contributed by atoms with Gasteiger partial charge in [0.05, 0.1) is 24.7 Å². The van der Waals surface area contributed by atoms with Gasteiger partial charge in [-0.25, -0.2) is 0 Å². The normalized spacial score (nSPS) is 20.4. The van der Waals surface area contributed by atoms with E-state index in [0.717, 1.165) is 0 Å². The first-order chi connectivity index (χ1) is 17.5. The fourth-order valence-electron chi connectivity index (χ4n) is 5.38. The van der Waals surface area contributed by atoms with Crippen molar-refractivity contribution >= 4 is 23.8 Å². The molecule has 0 unspecified atom stereocenters. The zero-order chi connectivity index (χ0) is 27.5. The Labute approximate surface area is 213 Å². The van der Waals surface area contributed by atoms with Crippen molar-refractivity contribution in [2.45, 2.75) is 43.8 Å². The summed E-state index contributed by atoms with van der Waals surface area (Å²) in [4.78, 5) is 48.5. The molecule has 3 rings (SSSR count). The van der Waals surface area contributed by atoms with Crippen LogP contribution < -0.4 is 5.73 Å². The first-order valence-corrected chi connectivity index (χ1v) is 11.9. The number of phenolic OH excluding ortho intramolecular Hbond substituents is 1. The molecule has 5 atom stereocenters. The van der Waals surface area contributed by atoms with Crippen molar-refractivity contribution < 1.29 is 44.7 Å². The number of aliphatic hydroxyl groups excluding tert-OH is 3. The predicted octanol–water partition coefficient (Wildman–Crippen LogP) is 0.705. The van der Waals surface area contributed by atoms with Crippen LogP contribution >= 0.6 is 0 Å². The number of aromatic hydroxyl groups is 1. The molecule has 37 heavy (non-hydrogen) atoms. The lowest BCUT2D eigenvalue weighted by Crippen LogP contribution is -2.56. The standard InChI is InChI=1S/C27H31NO9/c1-14-18(26(36)19(7-8-29)27(37,13-31)22(34)11-23(28)35)10-21(33)25-20(32)6-5-17(24(14)25)16-4-2-3-15(9-16)12-30/h2-6,9,12,14,18-19,26,29,31-32,36-37H,7-8,10-11,13H2,1H3,(H2,28,35)/t14-,18+,19-,26+,27-/m1/s1. The van der Waals surface area contributed by atoms with E-state index in [9.17, 15) is 44.7 Å². The largest absolute Gasteiger partial charge is 0.507 e.